The number of nitro groups is 1. The van der Waals surface area contributed by atoms with Gasteiger partial charge in [0.2, 0.25) is 0 Å². The molecule has 2 unspecified atom stereocenters. The molecule has 6 heteroatoms. The van der Waals surface area contributed by atoms with Gasteiger partial charge in [0.1, 0.15) is 5.75 Å². The third-order valence-electron chi connectivity index (χ3n) is 3.45. The highest BCUT2D eigenvalue weighted by atomic mass is 16.6. The van der Waals surface area contributed by atoms with Gasteiger partial charge in [0, 0.05) is 18.7 Å². The van der Waals surface area contributed by atoms with E-state index >= 15 is 0 Å². The van der Waals surface area contributed by atoms with Gasteiger partial charge in [0.05, 0.1) is 36.0 Å². The molecule has 1 fully saturated rings. The summed E-state index contributed by atoms with van der Waals surface area (Å²) < 4.78 is 11.0. The number of rotatable bonds is 3. The molecule has 0 radical (unpaired) electrons. The molecule has 0 amide bonds. The first-order valence-corrected chi connectivity index (χ1v) is 6.65. The largest absolute Gasteiger partial charge is 0.494 e. The average Bonchev–Trinajstić information content (AvgIpc) is 2.36. The molecule has 0 aromatic heterocycles. The van der Waals surface area contributed by atoms with Gasteiger partial charge in [-0.2, -0.15) is 0 Å². The lowest BCUT2D eigenvalue weighted by Gasteiger charge is -2.37. The Hall–Kier alpha value is -1.82. The highest BCUT2D eigenvalue weighted by molar-refractivity contribution is 5.65. The second-order valence-corrected chi connectivity index (χ2v) is 5.23. The van der Waals surface area contributed by atoms with E-state index in [4.69, 9.17) is 9.47 Å². The molecule has 1 aromatic carbocycles. The summed E-state index contributed by atoms with van der Waals surface area (Å²) in [5.74, 6) is 0.531. The first-order chi connectivity index (χ1) is 9.42. The summed E-state index contributed by atoms with van der Waals surface area (Å²) in [4.78, 5) is 12.8. The van der Waals surface area contributed by atoms with Gasteiger partial charge in [-0.25, -0.2) is 0 Å². The summed E-state index contributed by atoms with van der Waals surface area (Å²) in [5.41, 5.74) is 1.61. The molecule has 1 heterocycles. The molecule has 6 nitrogen and oxygen atoms in total. The highest BCUT2D eigenvalue weighted by Crippen LogP contribution is 2.36. The topological polar surface area (TPSA) is 64.8 Å². The molecule has 0 bridgehead atoms. The molecule has 0 saturated carbocycles. The minimum atomic E-state index is -0.383. The SMILES string of the molecule is COc1cc([N+](=O)[O-])c(C)cc1N1CC(C)OC(C)C1. The van der Waals surface area contributed by atoms with Crippen LogP contribution in [0, 0.1) is 17.0 Å². The third-order valence-corrected chi connectivity index (χ3v) is 3.45. The molecule has 0 aliphatic carbocycles. The molecule has 20 heavy (non-hydrogen) atoms. The van der Waals surface area contributed by atoms with Crippen molar-refractivity contribution in [3.63, 3.8) is 0 Å². The van der Waals surface area contributed by atoms with Crippen LogP contribution in [-0.4, -0.2) is 37.3 Å². The Balaban J connectivity index is 2.40. The van der Waals surface area contributed by atoms with Crippen molar-refractivity contribution < 1.29 is 14.4 Å². The number of benzene rings is 1. The van der Waals surface area contributed by atoms with Crippen LogP contribution in [0.2, 0.25) is 0 Å². The normalized spacial score (nSPS) is 22.7. The summed E-state index contributed by atoms with van der Waals surface area (Å²) >= 11 is 0. The summed E-state index contributed by atoms with van der Waals surface area (Å²) in [5, 5.41) is 11.0. The molecule has 1 aliphatic heterocycles. The Bertz CT molecular complexity index is 508. The molecule has 1 aliphatic rings. The minimum Gasteiger partial charge on any atom is -0.494 e. The number of aryl methyl sites for hydroxylation is 1. The zero-order valence-corrected chi connectivity index (χ0v) is 12.3. The maximum atomic E-state index is 11.0. The fourth-order valence-electron chi connectivity index (χ4n) is 2.64. The van der Waals surface area contributed by atoms with E-state index in [-0.39, 0.29) is 22.8 Å². The fraction of sp³-hybridized carbons (Fsp3) is 0.571. The number of anilines is 1. The highest BCUT2D eigenvalue weighted by Gasteiger charge is 2.26. The van der Waals surface area contributed by atoms with Crippen molar-refractivity contribution in [1.29, 1.82) is 0 Å². The number of nitro benzene ring substituents is 1. The van der Waals surface area contributed by atoms with Crippen LogP contribution in [-0.2, 0) is 4.74 Å². The first kappa shape index (κ1) is 14.6. The van der Waals surface area contributed by atoms with Crippen LogP contribution < -0.4 is 9.64 Å². The monoisotopic (exact) mass is 280 g/mol. The Labute approximate surface area is 118 Å². The molecular formula is C14H20N2O4. The van der Waals surface area contributed by atoms with Crippen molar-refractivity contribution in [3.8, 4) is 5.75 Å². The van der Waals surface area contributed by atoms with Gasteiger partial charge in [-0.1, -0.05) is 0 Å². The molecular weight excluding hydrogens is 260 g/mol. The quantitative estimate of drug-likeness (QED) is 0.629. The van der Waals surface area contributed by atoms with Crippen molar-refractivity contribution >= 4 is 11.4 Å². The molecule has 110 valence electrons. The van der Waals surface area contributed by atoms with Gasteiger partial charge in [-0.05, 0) is 26.8 Å². The Morgan fingerprint density at radius 2 is 1.95 bits per heavy atom. The van der Waals surface area contributed by atoms with Gasteiger partial charge < -0.3 is 14.4 Å². The lowest BCUT2D eigenvalue weighted by atomic mass is 10.1. The first-order valence-electron chi connectivity index (χ1n) is 6.65. The van der Waals surface area contributed by atoms with Gasteiger partial charge in [-0.3, -0.25) is 10.1 Å². The van der Waals surface area contributed by atoms with E-state index in [0.717, 1.165) is 18.8 Å². The predicted molar refractivity (Wildman–Crippen MR) is 76.6 cm³/mol. The average molecular weight is 280 g/mol. The van der Waals surface area contributed by atoms with Crippen LogP contribution in [0.25, 0.3) is 0 Å². The van der Waals surface area contributed by atoms with Crippen LogP contribution in [0.15, 0.2) is 12.1 Å². The zero-order valence-electron chi connectivity index (χ0n) is 12.3. The number of nitrogens with zero attached hydrogens (tertiary/aromatic N) is 2. The summed E-state index contributed by atoms with van der Waals surface area (Å²) in [6.07, 6.45) is 0.248. The van der Waals surface area contributed by atoms with E-state index in [9.17, 15) is 10.1 Å². The van der Waals surface area contributed by atoms with E-state index in [1.807, 2.05) is 19.9 Å². The number of morpholine rings is 1. The van der Waals surface area contributed by atoms with Gasteiger partial charge in [-0.15, -0.1) is 0 Å². The van der Waals surface area contributed by atoms with Crippen molar-refractivity contribution in [2.24, 2.45) is 0 Å². The van der Waals surface area contributed by atoms with Crippen LogP contribution in [0.4, 0.5) is 11.4 Å². The number of methoxy groups -OCH3 is 1. The fourth-order valence-corrected chi connectivity index (χ4v) is 2.64. The molecule has 2 atom stereocenters. The van der Waals surface area contributed by atoms with Gasteiger partial charge in [0.15, 0.2) is 0 Å². The molecule has 1 aromatic rings. The van der Waals surface area contributed by atoms with Gasteiger partial charge >= 0.3 is 0 Å². The lowest BCUT2D eigenvalue weighted by molar-refractivity contribution is -0.385. The molecule has 0 spiro atoms. The van der Waals surface area contributed by atoms with Crippen molar-refractivity contribution in [2.75, 3.05) is 25.1 Å². The second kappa shape index (κ2) is 5.66. The smallest absolute Gasteiger partial charge is 0.276 e. The Morgan fingerprint density at radius 1 is 1.35 bits per heavy atom. The summed E-state index contributed by atoms with van der Waals surface area (Å²) in [6.45, 7) is 7.28. The summed E-state index contributed by atoms with van der Waals surface area (Å²) in [6, 6.07) is 3.32. The lowest BCUT2D eigenvalue weighted by Crippen LogP contribution is -2.45. The number of hydrogen-bond acceptors (Lipinski definition) is 5. The van der Waals surface area contributed by atoms with Crippen LogP contribution in [0.1, 0.15) is 19.4 Å². The third kappa shape index (κ3) is 2.85. The Kier molecular flexibility index (Phi) is 4.13. The van der Waals surface area contributed by atoms with Crippen LogP contribution >= 0.6 is 0 Å². The minimum absolute atomic E-state index is 0.0833. The molecule has 2 rings (SSSR count). The predicted octanol–water partition coefficient (Wildman–Crippen LogP) is 2.53. The van der Waals surface area contributed by atoms with E-state index in [1.165, 1.54) is 13.2 Å². The maximum Gasteiger partial charge on any atom is 0.276 e. The number of ether oxygens (including phenoxy) is 2. The van der Waals surface area contributed by atoms with E-state index in [2.05, 4.69) is 4.90 Å². The second-order valence-electron chi connectivity index (χ2n) is 5.23. The zero-order chi connectivity index (χ0) is 14.9. The number of hydrogen-bond donors (Lipinski definition) is 0. The van der Waals surface area contributed by atoms with Crippen molar-refractivity contribution in [1.82, 2.24) is 0 Å². The molecule has 0 N–H and O–H groups in total. The summed E-state index contributed by atoms with van der Waals surface area (Å²) in [7, 11) is 1.53. The van der Waals surface area contributed by atoms with E-state index in [0.29, 0.717) is 11.3 Å². The van der Waals surface area contributed by atoms with Crippen molar-refractivity contribution in [3.05, 3.63) is 27.8 Å². The maximum absolute atomic E-state index is 11.0. The van der Waals surface area contributed by atoms with Gasteiger partial charge in [0.25, 0.3) is 5.69 Å². The molecule has 1 saturated heterocycles. The Morgan fingerprint density at radius 3 is 2.45 bits per heavy atom. The van der Waals surface area contributed by atoms with E-state index in [1.54, 1.807) is 6.92 Å². The van der Waals surface area contributed by atoms with E-state index < -0.39 is 0 Å². The van der Waals surface area contributed by atoms with Crippen molar-refractivity contribution in [2.45, 2.75) is 33.0 Å². The standard InChI is InChI=1S/C14H20N2O4/c1-9-5-13(14(19-4)6-12(9)16(17)18)15-7-10(2)20-11(3)8-15/h5-6,10-11H,7-8H2,1-4H3. The van der Waals surface area contributed by atoms with Crippen LogP contribution in [0.3, 0.4) is 0 Å². The van der Waals surface area contributed by atoms with Crippen LogP contribution in [0.5, 0.6) is 5.75 Å².